The molecule has 7 nitrogen and oxygen atoms in total. The molecular weight excluding hydrogens is 318 g/mol. The molecule has 0 fully saturated rings. The molecule has 2 aromatic rings. The van der Waals surface area contributed by atoms with Crippen LogP contribution in [0.1, 0.15) is 25.3 Å². The Labute approximate surface area is 146 Å². The quantitative estimate of drug-likeness (QED) is 0.867. The van der Waals surface area contributed by atoms with Gasteiger partial charge in [0, 0.05) is 31.3 Å². The molecule has 0 unspecified atom stereocenters. The Bertz CT molecular complexity index is 755. The fraction of sp³-hybridized carbons (Fsp3) is 0.333. The smallest absolute Gasteiger partial charge is 0.267 e. The first-order chi connectivity index (χ1) is 12.1. The molecule has 1 aromatic heterocycles. The van der Waals surface area contributed by atoms with E-state index >= 15 is 0 Å². The molecule has 2 amide bonds. The molecule has 7 heteroatoms. The van der Waals surface area contributed by atoms with Crippen LogP contribution in [0, 0.1) is 0 Å². The SMILES string of the molecule is C[C@H](Cn1cccn1)NC(=O)C1=NN(Cc2ccccc2)C(=O)CC1. The molecule has 130 valence electrons. The van der Waals surface area contributed by atoms with Crippen molar-refractivity contribution in [3.8, 4) is 0 Å². The second-order valence-corrected chi connectivity index (χ2v) is 6.09. The standard InChI is InChI=1S/C18H21N5O2/c1-14(12-22-11-5-10-19-22)20-18(25)16-8-9-17(24)23(21-16)13-15-6-3-2-4-7-15/h2-7,10-11,14H,8-9,12-13H2,1H3,(H,20,25)/t14-/m1/s1. The topological polar surface area (TPSA) is 79.6 Å². The summed E-state index contributed by atoms with van der Waals surface area (Å²) in [7, 11) is 0. The molecule has 0 saturated carbocycles. The van der Waals surface area contributed by atoms with Crippen molar-refractivity contribution in [3.05, 3.63) is 54.4 Å². The maximum atomic E-state index is 12.4. The van der Waals surface area contributed by atoms with E-state index in [4.69, 9.17) is 0 Å². The van der Waals surface area contributed by atoms with E-state index in [-0.39, 0.29) is 17.9 Å². The van der Waals surface area contributed by atoms with E-state index in [9.17, 15) is 9.59 Å². The minimum atomic E-state index is -0.231. The Morgan fingerprint density at radius 1 is 1.24 bits per heavy atom. The summed E-state index contributed by atoms with van der Waals surface area (Å²) < 4.78 is 1.76. The van der Waals surface area contributed by atoms with E-state index in [0.717, 1.165) is 5.56 Å². The van der Waals surface area contributed by atoms with E-state index in [1.165, 1.54) is 5.01 Å². The number of aromatic nitrogens is 2. The molecule has 1 aliphatic rings. The molecule has 3 rings (SSSR count). The molecule has 25 heavy (non-hydrogen) atoms. The minimum absolute atomic E-state index is 0.0648. The number of carbonyl (C=O) groups excluding carboxylic acids is 2. The molecule has 0 spiro atoms. The van der Waals surface area contributed by atoms with Gasteiger partial charge in [-0.15, -0.1) is 0 Å². The zero-order valence-corrected chi connectivity index (χ0v) is 14.1. The number of hydrazone groups is 1. The average molecular weight is 339 g/mol. The highest BCUT2D eigenvalue weighted by atomic mass is 16.2. The Morgan fingerprint density at radius 2 is 2.04 bits per heavy atom. The Hall–Kier alpha value is -2.96. The van der Waals surface area contributed by atoms with Gasteiger partial charge in [-0.25, -0.2) is 5.01 Å². The fourth-order valence-corrected chi connectivity index (χ4v) is 2.69. The minimum Gasteiger partial charge on any atom is -0.347 e. The third-order valence-corrected chi connectivity index (χ3v) is 3.94. The number of benzene rings is 1. The molecule has 2 heterocycles. The van der Waals surface area contributed by atoms with Gasteiger partial charge >= 0.3 is 0 Å². The first-order valence-corrected chi connectivity index (χ1v) is 8.32. The third-order valence-electron chi connectivity index (χ3n) is 3.94. The first kappa shape index (κ1) is 16.9. The van der Waals surface area contributed by atoms with Gasteiger partial charge in [0.05, 0.1) is 13.1 Å². The lowest BCUT2D eigenvalue weighted by atomic mass is 10.1. The number of carbonyl (C=O) groups is 2. The maximum Gasteiger partial charge on any atom is 0.267 e. The third kappa shape index (κ3) is 4.53. The van der Waals surface area contributed by atoms with Crippen LogP contribution in [0.25, 0.3) is 0 Å². The molecule has 0 saturated heterocycles. The molecule has 1 atom stereocenters. The monoisotopic (exact) mass is 339 g/mol. The summed E-state index contributed by atoms with van der Waals surface area (Å²) >= 11 is 0. The Balaban J connectivity index is 1.62. The van der Waals surface area contributed by atoms with Crippen molar-refractivity contribution < 1.29 is 9.59 Å². The summed E-state index contributed by atoms with van der Waals surface area (Å²) in [6, 6.07) is 11.4. The van der Waals surface area contributed by atoms with Gasteiger partial charge in [0.2, 0.25) is 5.91 Å². The van der Waals surface area contributed by atoms with Gasteiger partial charge in [0.25, 0.3) is 5.91 Å². The first-order valence-electron chi connectivity index (χ1n) is 8.32. The molecule has 1 N–H and O–H groups in total. The Morgan fingerprint density at radius 3 is 2.76 bits per heavy atom. The summed E-state index contributed by atoms with van der Waals surface area (Å²) in [5.41, 5.74) is 1.37. The van der Waals surface area contributed by atoms with Gasteiger partial charge in [-0.3, -0.25) is 14.3 Å². The van der Waals surface area contributed by atoms with Crippen LogP contribution in [0.4, 0.5) is 0 Å². The van der Waals surface area contributed by atoms with Crippen LogP contribution in [0.15, 0.2) is 53.9 Å². The van der Waals surface area contributed by atoms with Crippen molar-refractivity contribution in [1.29, 1.82) is 0 Å². The van der Waals surface area contributed by atoms with Crippen LogP contribution in [0.3, 0.4) is 0 Å². The molecule has 0 bridgehead atoms. The van der Waals surface area contributed by atoms with Crippen LogP contribution >= 0.6 is 0 Å². The van der Waals surface area contributed by atoms with E-state index in [1.54, 1.807) is 10.9 Å². The summed E-state index contributed by atoms with van der Waals surface area (Å²) in [5.74, 6) is -0.296. The zero-order valence-electron chi connectivity index (χ0n) is 14.1. The predicted octanol–water partition coefficient (Wildman–Crippen LogP) is 1.57. The maximum absolute atomic E-state index is 12.4. The van der Waals surface area contributed by atoms with Crippen molar-refractivity contribution in [2.24, 2.45) is 5.10 Å². The van der Waals surface area contributed by atoms with Gasteiger partial charge in [0.1, 0.15) is 5.71 Å². The number of hydrogen-bond donors (Lipinski definition) is 1. The van der Waals surface area contributed by atoms with E-state index in [1.807, 2.05) is 49.5 Å². The average Bonchev–Trinajstić information content (AvgIpc) is 3.10. The molecule has 0 radical (unpaired) electrons. The van der Waals surface area contributed by atoms with Crippen molar-refractivity contribution in [3.63, 3.8) is 0 Å². The zero-order chi connectivity index (χ0) is 17.6. The molecular formula is C18H21N5O2. The van der Waals surface area contributed by atoms with Crippen molar-refractivity contribution in [2.75, 3.05) is 0 Å². The van der Waals surface area contributed by atoms with E-state index in [0.29, 0.717) is 31.6 Å². The summed E-state index contributed by atoms with van der Waals surface area (Å²) in [5, 5.41) is 12.7. The highest BCUT2D eigenvalue weighted by Crippen LogP contribution is 2.13. The molecule has 0 aliphatic carbocycles. The van der Waals surface area contributed by atoms with Crippen LogP contribution in [0.5, 0.6) is 0 Å². The largest absolute Gasteiger partial charge is 0.347 e. The van der Waals surface area contributed by atoms with Crippen molar-refractivity contribution >= 4 is 17.5 Å². The summed E-state index contributed by atoms with van der Waals surface area (Å²) in [4.78, 5) is 24.5. The lowest BCUT2D eigenvalue weighted by Gasteiger charge is -2.24. The Kier molecular flexibility index (Phi) is 5.23. The fourth-order valence-electron chi connectivity index (χ4n) is 2.69. The van der Waals surface area contributed by atoms with Crippen molar-refractivity contribution in [1.82, 2.24) is 20.1 Å². The summed E-state index contributed by atoms with van der Waals surface area (Å²) in [6.45, 7) is 2.87. The molecule has 1 aromatic carbocycles. The van der Waals surface area contributed by atoms with Crippen LogP contribution in [0.2, 0.25) is 0 Å². The van der Waals surface area contributed by atoms with E-state index < -0.39 is 0 Å². The summed E-state index contributed by atoms with van der Waals surface area (Å²) in [6.07, 6.45) is 4.21. The number of amides is 2. The normalized spacial score (nSPS) is 15.6. The van der Waals surface area contributed by atoms with Gasteiger partial charge in [0.15, 0.2) is 0 Å². The molecule has 1 aliphatic heterocycles. The van der Waals surface area contributed by atoms with Gasteiger partial charge in [-0.05, 0) is 18.6 Å². The van der Waals surface area contributed by atoms with Gasteiger partial charge in [-0.2, -0.15) is 10.2 Å². The second kappa shape index (κ2) is 7.74. The lowest BCUT2D eigenvalue weighted by molar-refractivity contribution is -0.132. The van der Waals surface area contributed by atoms with Gasteiger partial charge < -0.3 is 5.32 Å². The highest BCUT2D eigenvalue weighted by Gasteiger charge is 2.25. The lowest BCUT2D eigenvalue weighted by Crippen LogP contribution is -2.43. The predicted molar refractivity (Wildman–Crippen MR) is 93.5 cm³/mol. The van der Waals surface area contributed by atoms with Crippen LogP contribution in [-0.4, -0.2) is 38.4 Å². The van der Waals surface area contributed by atoms with Crippen LogP contribution < -0.4 is 5.32 Å². The number of nitrogens with one attached hydrogen (secondary N) is 1. The van der Waals surface area contributed by atoms with E-state index in [2.05, 4.69) is 15.5 Å². The highest BCUT2D eigenvalue weighted by molar-refractivity contribution is 6.39. The number of hydrogen-bond acceptors (Lipinski definition) is 4. The number of rotatable bonds is 6. The van der Waals surface area contributed by atoms with Gasteiger partial charge in [-0.1, -0.05) is 30.3 Å². The number of nitrogens with zero attached hydrogens (tertiary/aromatic N) is 4. The van der Waals surface area contributed by atoms with Crippen molar-refractivity contribution in [2.45, 2.75) is 38.9 Å². The second-order valence-electron chi connectivity index (χ2n) is 6.09. The van der Waals surface area contributed by atoms with Crippen LogP contribution in [-0.2, 0) is 22.7 Å².